The fraction of sp³-hybridized carbons (Fsp3) is 0.389. The SMILES string of the molecule is Cn1ncc2c(N3CCN(CCOc4ccc(S(N)(=O)=O)cc4)CC3)ncnc21. The standard InChI is InChI=1S/C18H23N7O3S/c1-23-17-16(12-22-23)18(21-13-20-17)25-8-6-24(7-9-25)10-11-28-14-2-4-15(5-3-14)29(19,26)27/h2-5,12-13H,6-11H2,1H3,(H2,19,26,27). The van der Waals surface area contributed by atoms with Gasteiger partial charge in [-0.05, 0) is 24.3 Å². The summed E-state index contributed by atoms with van der Waals surface area (Å²) in [4.78, 5) is 13.4. The van der Waals surface area contributed by atoms with Gasteiger partial charge < -0.3 is 9.64 Å². The lowest BCUT2D eigenvalue weighted by atomic mass is 10.3. The van der Waals surface area contributed by atoms with Gasteiger partial charge in [0.2, 0.25) is 10.0 Å². The third kappa shape index (κ3) is 4.31. The molecular weight excluding hydrogens is 394 g/mol. The van der Waals surface area contributed by atoms with E-state index in [1.54, 1.807) is 23.1 Å². The molecule has 1 aromatic carbocycles. The second kappa shape index (κ2) is 7.93. The predicted octanol–water partition coefficient (Wildman–Crippen LogP) is 0.212. The lowest BCUT2D eigenvalue weighted by Gasteiger charge is -2.35. The van der Waals surface area contributed by atoms with E-state index in [1.165, 1.54) is 12.1 Å². The second-order valence-corrected chi connectivity index (χ2v) is 8.46. The number of piperazine rings is 1. The van der Waals surface area contributed by atoms with Crippen molar-refractivity contribution in [3.05, 3.63) is 36.8 Å². The highest BCUT2D eigenvalue weighted by atomic mass is 32.2. The number of ether oxygens (including phenoxy) is 1. The number of rotatable bonds is 6. The molecule has 0 amide bonds. The summed E-state index contributed by atoms with van der Waals surface area (Å²) in [6.07, 6.45) is 3.40. The van der Waals surface area contributed by atoms with E-state index < -0.39 is 10.0 Å². The largest absolute Gasteiger partial charge is 0.492 e. The number of anilines is 1. The van der Waals surface area contributed by atoms with E-state index in [-0.39, 0.29) is 4.90 Å². The van der Waals surface area contributed by atoms with Crippen LogP contribution in [0.5, 0.6) is 5.75 Å². The second-order valence-electron chi connectivity index (χ2n) is 6.90. The fourth-order valence-electron chi connectivity index (χ4n) is 3.40. The van der Waals surface area contributed by atoms with Gasteiger partial charge in [-0.25, -0.2) is 23.5 Å². The molecule has 0 bridgehead atoms. The van der Waals surface area contributed by atoms with Crippen molar-refractivity contribution < 1.29 is 13.2 Å². The van der Waals surface area contributed by atoms with Gasteiger partial charge >= 0.3 is 0 Å². The number of primary sulfonamides is 1. The molecule has 1 aliphatic heterocycles. The highest BCUT2D eigenvalue weighted by Crippen LogP contribution is 2.23. The van der Waals surface area contributed by atoms with Crippen molar-refractivity contribution in [2.75, 3.05) is 44.2 Å². The molecule has 1 saturated heterocycles. The predicted molar refractivity (Wildman–Crippen MR) is 108 cm³/mol. The van der Waals surface area contributed by atoms with Crippen LogP contribution in [0.1, 0.15) is 0 Å². The van der Waals surface area contributed by atoms with Crippen LogP contribution in [0.25, 0.3) is 11.0 Å². The van der Waals surface area contributed by atoms with Gasteiger partial charge in [0.1, 0.15) is 24.5 Å². The first-order valence-corrected chi connectivity index (χ1v) is 10.8. The Bertz CT molecular complexity index is 1090. The Labute approximate surface area is 168 Å². The van der Waals surface area contributed by atoms with Crippen LogP contribution >= 0.6 is 0 Å². The average molecular weight is 417 g/mol. The van der Waals surface area contributed by atoms with E-state index in [0.29, 0.717) is 12.4 Å². The molecule has 4 rings (SSSR count). The lowest BCUT2D eigenvalue weighted by molar-refractivity contribution is 0.200. The minimum Gasteiger partial charge on any atom is -0.492 e. The summed E-state index contributed by atoms with van der Waals surface area (Å²) in [5, 5.41) is 10.3. The Morgan fingerprint density at radius 1 is 1.10 bits per heavy atom. The number of benzene rings is 1. The smallest absolute Gasteiger partial charge is 0.238 e. The molecule has 0 atom stereocenters. The Morgan fingerprint density at radius 3 is 2.52 bits per heavy atom. The van der Waals surface area contributed by atoms with Crippen molar-refractivity contribution in [3.8, 4) is 5.75 Å². The Kier molecular flexibility index (Phi) is 5.35. The normalized spacial score (nSPS) is 15.7. The third-order valence-electron chi connectivity index (χ3n) is 5.01. The summed E-state index contributed by atoms with van der Waals surface area (Å²) in [6, 6.07) is 6.13. The van der Waals surface area contributed by atoms with Crippen LogP contribution in [0.2, 0.25) is 0 Å². The summed E-state index contributed by atoms with van der Waals surface area (Å²) in [5.74, 6) is 1.55. The van der Waals surface area contributed by atoms with E-state index in [9.17, 15) is 8.42 Å². The van der Waals surface area contributed by atoms with Crippen molar-refractivity contribution in [2.45, 2.75) is 4.90 Å². The molecule has 2 aromatic heterocycles. The number of hydrogen-bond acceptors (Lipinski definition) is 8. The van der Waals surface area contributed by atoms with E-state index in [1.807, 2.05) is 13.2 Å². The van der Waals surface area contributed by atoms with Gasteiger partial charge in [0.25, 0.3) is 0 Å². The number of nitrogens with two attached hydrogens (primary N) is 1. The summed E-state index contributed by atoms with van der Waals surface area (Å²) >= 11 is 0. The van der Waals surface area contributed by atoms with E-state index in [0.717, 1.165) is 49.6 Å². The van der Waals surface area contributed by atoms with Crippen LogP contribution in [0.3, 0.4) is 0 Å². The highest BCUT2D eigenvalue weighted by molar-refractivity contribution is 7.89. The summed E-state index contributed by atoms with van der Waals surface area (Å²) in [7, 11) is -1.81. The molecule has 0 saturated carbocycles. The summed E-state index contributed by atoms with van der Waals surface area (Å²) in [6.45, 7) is 4.85. The molecule has 2 N–H and O–H groups in total. The molecule has 0 aliphatic carbocycles. The van der Waals surface area contributed by atoms with Gasteiger partial charge in [-0.15, -0.1) is 0 Å². The number of nitrogens with zero attached hydrogens (tertiary/aromatic N) is 6. The van der Waals surface area contributed by atoms with Gasteiger partial charge in [-0.2, -0.15) is 5.10 Å². The zero-order chi connectivity index (χ0) is 20.4. The first-order chi connectivity index (χ1) is 13.9. The first-order valence-electron chi connectivity index (χ1n) is 9.27. The van der Waals surface area contributed by atoms with Crippen LogP contribution in [0.4, 0.5) is 5.82 Å². The average Bonchev–Trinajstić information content (AvgIpc) is 3.09. The molecule has 10 nitrogen and oxygen atoms in total. The third-order valence-corrected chi connectivity index (χ3v) is 5.94. The number of aromatic nitrogens is 4. The maximum atomic E-state index is 11.3. The molecule has 1 aliphatic rings. The summed E-state index contributed by atoms with van der Waals surface area (Å²) < 4.78 is 30.0. The maximum absolute atomic E-state index is 11.3. The Morgan fingerprint density at radius 2 is 1.83 bits per heavy atom. The molecule has 3 aromatic rings. The van der Waals surface area contributed by atoms with Crippen LogP contribution < -0.4 is 14.8 Å². The van der Waals surface area contributed by atoms with E-state index in [4.69, 9.17) is 9.88 Å². The van der Waals surface area contributed by atoms with Crippen molar-refractivity contribution >= 4 is 26.9 Å². The monoisotopic (exact) mass is 417 g/mol. The van der Waals surface area contributed by atoms with Crippen molar-refractivity contribution in [1.82, 2.24) is 24.6 Å². The van der Waals surface area contributed by atoms with Gasteiger partial charge in [-0.1, -0.05) is 0 Å². The van der Waals surface area contributed by atoms with Gasteiger partial charge in [-0.3, -0.25) is 9.58 Å². The fourth-order valence-corrected chi connectivity index (χ4v) is 3.92. The zero-order valence-corrected chi connectivity index (χ0v) is 16.9. The Balaban J connectivity index is 1.28. The van der Waals surface area contributed by atoms with Crippen molar-refractivity contribution in [3.63, 3.8) is 0 Å². The molecule has 11 heteroatoms. The van der Waals surface area contributed by atoms with Crippen LogP contribution in [-0.2, 0) is 17.1 Å². The molecule has 3 heterocycles. The topological polar surface area (TPSA) is 119 Å². The number of aryl methyl sites for hydroxylation is 1. The number of hydrogen-bond donors (Lipinski definition) is 1. The van der Waals surface area contributed by atoms with Crippen molar-refractivity contribution in [2.24, 2.45) is 12.2 Å². The number of sulfonamides is 1. The quantitative estimate of drug-likeness (QED) is 0.605. The lowest BCUT2D eigenvalue weighted by Crippen LogP contribution is -2.47. The molecule has 0 spiro atoms. The van der Waals surface area contributed by atoms with Crippen LogP contribution in [0.15, 0.2) is 41.7 Å². The molecule has 29 heavy (non-hydrogen) atoms. The molecule has 0 unspecified atom stereocenters. The minimum absolute atomic E-state index is 0.0772. The van der Waals surface area contributed by atoms with Gasteiger partial charge in [0, 0.05) is 39.8 Å². The molecular formula is C18H23N7O3S. The van der Waals surface area contributed by atoms with Crippen LogP contribution in [-0.4, -0.2) is 72.4 Å². The summed E-state index contributed by atoms with van der Waals surface area (Å²) in [5.41, 5.74) is 0.833. The Hall–Kier alpha value is -2.76. The maximum Gasteiger partial charge on any atom is 0.238 e. The highest BCUT2D eigenvalue weighted by Gasteiger charge is 2.20. The number of fused-ring (bicyclic) bond motifs is 1. The molecule has 1 fully saturated rings. The molecule has 0 radical (unpaired) electrons. The van der Waals surface area contributed by atoms with Gasteiger partial charge in [0.05, 0.1) is 16.5 Å². The van der Waals surface area contributed by atoms with Gasteiger partial charge in [0.15, 0.2) is 5.65 Å². The van der Waals surface area contributed by atoms with Crippen molar-refractivity contribution in [1.29, 1.82) is 0 Å². The zero-order valence-electron chi connectivity index (χ0n) is 16.1. The van der Waals surface area contributed by atoms with Crippen LogP contribution in [0, 0.1) is 0 Å². The molecule has 154 valence electrons. The minimum atomic E-state index is -3.68. The van der Waals surface area contributed by atoms with E-state index >= 15 is 0 Å². The first kappa shape index (κ1) is 19.6. The van der Waals surface area contributed by atoms with E-state index in [2.05, 4.69) is 24.9 Å².